The third kappa shape index (κ3) is 3.64. The number of ketones is 1. The number of carbonyl (C=O) groups excluding carboxylic acids is 1. The number of aryl methyl sites for hydroxylation is 1. The molecule has 0 amide bonds. The second kappa shape index (κ2) is 5.78. The van der Waals surface area contributed by atoms with E-state index in [0.29, 0.717) is 12.1 Å². The molecule has 0 aromatic carbocycles. The number of hydrogen-bond donors (Lipinski definition) is 0. The van der Waals surface area contributed by atoms with E-state index in [-0.39, 0.29) is 5.78 Å². The highest BCUT2D eigenvalue weighted by Gasteiger charge is 2.25. The first kappa shape index (κ1) is 14.4. The Kier molecular flexibility index (Phi) is 4.89. The first-order valence-corrected chi connectivity index (χ1v) is 6.50. The van der Waals surface area contributed by atoms with Crippen LogP contribution in [0, 0.1) is 0 Å². The molecular weight excluding hydrogens is 284 g/mol. The van der Waals surface area contributed by atoms with Crippen LogP contribution in [0.5, 0.6) is 0 Å². The molecule has 0 aliphatic heterocycles. The van der Waals surface area contributed by atoms with Crippen LogP contribution in [0.15, 0.2) is 10.7 Å². The normalized spacial score (nSPS) is 11.8. The summed E-state index contributed by atoms with van der Waals surface area (Å²) >= 11 is 3.37. The third-order valence-corrected chi connectivity index (χ3v) is 3.21. The van der Waals surface area contributed by atoms with Crippen molar-refractivity contribution in [3.63, 3.8) is 0 Å². The van der Waals surface area contributed by atoms with E-state index < -0.39 is 5.60 Å². The van der Waals surface area contributed by atoms with Crippen LogP contribution in [0.25, 0.3) is 0 Å². The molecule has 96 valence electrons. The summed E-state index contributed by atoms with van der Waals surface area (Å²) < 4.78 is 7.78. The van der Waals surface area contributed by atoms with Gasteiger partial charge in [-0.1, -0.05) is 6.92 Å². The van der Waals surface area contributed by atoms with Gasteiger partial charge in [0.2, 0.25) is 0 Å². The molecule has 0 radical (unpaired) electrons. The number of carbonyl (C=O) groups is 1. The molecule has 1 heterocycles. The van der Waals surface area contributed by atoms with Crippen molar-refractivity contribution in [1.29, 1.82) is 0 Å². The molecule has 0 saturated heterocycles. The Labute approximate surface area is 110 Å². The fraction of sp³-hybridized carbons (Fsp3) is 0.667. The molecule has 0 fully saturated rings. The van der Waals surface area contributed by atoms with Crippen LogP contribution >= 0.6 is 15.9 Å². The average Bonchev–Trinajstić information content (AvgIpc) is 2.60. The Morgan fingerprint density at radius 2 is 2.24 bits per heavy atom. The number of aromatic nitrogens is 2. The molecule has 0 saturated carbocycles. The molecule has 0 N–H and O–H groups in total. The zero-order valence-corrected chi connectivity index (χ0v) is 12.4. The molecule has 1 aromatic rings. The minimum Gasteiger partial charge on any atom is -0.378 e. The lowest BCUT2D eigenvalue weighted by Crippen LogP contribution is -2.27. The van der Waals surface area contributed by atoms with E-state index >= 15 is 0 Å². The highest BCUT2D eigenvalue weighted by molar-refractivity contribution is 9.10. The topological polar surface area (TPSA) is 44.1 Å². The highest BCUT2D eigenvalue weighted by atomic mass is 79.9. The van der Waals surface area contributed by atoms with Crippen molar-refractivity contribution in [2.75, 3.05) is 7.11 Å². The van der Waals surface area contributed by atoms with Crippen molar-refractivity contribution in [2.24, 2.45) is 0 Å². The van der Waals surface area contributed by atoms with Gasteiger partial charge in [-0.3, -0.25) is 9.48 Å². The van der Waals surface area contributed by atoms with Gasteiger partial charge >= 0.3 is 0 Å². The van der Waals surface area contributed by atoms with Crippen LogP contribution in [0.2, 0.25) is 0 Å². The first-order valence-electron chi connectivity index (χ1n) is 5.71. The van der Waals surface area contributed by atoms with Crippen LogP contribution in [0.1, 0.15) is 44.1 Å². The van der Waals surface area contributed by atoms with Gasteiger partial charge in [-0.15, -0.1) is 0 Å². The lowest BCUT2D eigenvalue weighted by molar-refractivity contribution is 0.0168. The maximum absolute atomic E-state index is 12.2. The number of methoxy groups -OCH3 is 1. The largest absolute Gasteiger partial charge is 0.378 e. The van der Waals surface area contributed by atoms with Crippen molar-refractivity contribution in [1.82, 2.24) is 9.78 Å². The maximum atomic E-state index is 12.2. The van der Waals surface area contributed by atoms with Crippen LogP contribution in [-0.2, 0) is 11.3 Å². The second-order valence-electron chi connectivity index (χ2n) is 4.63. The van der Waals surface area contributed by atoms with Gasteiger partial charge in [-0.05, 0) is 36.2 Å². The predicted octanol–water partition coefficient (Wildman–Crippen LogP) is 3.05. The van der Waals surface area contributed by atoms with Crippen LogP contribution < -0.4 is 0 Å². The summed E-state index contributed by atoms with van der Waals surface area (Å²) in [6, 6.07) is 0. The number of rotatable bonds is 6. The van der Waals surface area contributed by atoms with Gasteiger partial charge in [0.15, 0.2) is 5.78 Å². The Hall–Kier alpha value is -0.680. The molecule has 4 nitrogen and oxygen atoms in total. The standard InChI is InChI=1S/C12H19BrN2O2/c1-5-6-15-11(9(13)8-14-15)10(16)7-12(2,3)17-4/h8H,5-7H2,1-4H3. The molecule has 0 atom stereocenters. The fourth-order valence-electron chi connectivity index (χ4n) is 1.56. The average molecular weight is 303 g/mol. The van der Waals surface area contributed by atoms with Crippen LogP contribution in [0.4, 0.5) is 0 Å². The summed E-state index contributed by atoms with van der Waals surface area (Å²) in [5, 5.41) is 4.19. The van der Waals surface area contributed by atoms with Crippen molar-refractivity contribution in [3.05, 3.63) is 16.4 Å². The lowest BCUT2D eigenvalue weighted by atomic mass is 10.00. The SMILES string of the molecule is CCCn1ncc(Br)c1C(=O)CC(C)(C)OC. The summed E-state index contributed by atoms with van der Waals surface area (Å²) in [5.41, 5.74) is 0.189. The van der Waals surface area contributed by atoms with Crippen LogP contribution in [0.3, 0.4) is 0 Å². The molecular formula is C12H19BrN2O2. The van der Waals surface area contributed by atoms with E-state index in [0.717, 1.165) is 17.4 Å². The van der Waals surface area contributed by atoms with Gasteiger partial charge in [-0.2, -0.15) is 5.10 Å². The Morgan fingerprint density at radius 1 is 1.59 bits per heavy atom. The monoisotopic (exact) mass is 302 g/mol. The maximum Gasteiger partial charge on any atom is 0.184 e. The highest BCUT2D eigenvalue weighted by Crippen LogP contribution is 2.22. The molecule has 1 rings (SSSR count). The fourth-order valence-corrected chi connectivity index (χ4v) is 2.08. The number of nitrogens with zero attached hydrogens (tertiary/aromatic N) is 2. The van der Waals surface area contributed by atoms with Gasteiger partial charge in [0, 0.05) is 20.1 Å². The predicted molar refractivity (Wildman–Crippen MR) is 70.3 cm³/mol. The van der Waals surface area contributed by atoms with E-state index in [4.69, 9.17) is 4.74 Å². The molecule has 0 aliphatic rings. The first-order chi connectivity index (χ1) is 7.91. The van der Waals surface area contributed by atoms with Gasteiger partial charge in [-0.25, -0.2) is 0 Å². The number of hydrogen-bond acceptors (Lipinski definition) is 3. The lowest BCUT2D eigenvalue weighted by Gasteiger charge is -2.22. The summed E-state index contributed by atoms with van der Waals surface area (Å²) in [4.78, 5) is 12.2. The smallest absolute Gasteiger partial charge is 0.184 e. The van der Waals surface area contributed by atoms with Crippen molar-refractivity contribution in [3.8, 4) is 0 Å². The molecule has 17 heavy (non-hydrogen) atoms. The van der Waals surface area contributed by atoms with E-state index in [9.17, 15) is 4.79 Å². The summed E-state index contributed by atoms with van der Waals surface area (Å²) in [5.74, 6) is 0.0506. The van der Waals surface area contributed by atoms with Gasteiger partial charge in [0.05, 0.1) is 16.3 Å². The number of Topliss-reactive ketones (excluding diaryl/α,β-unsaturated/α-hetero) is 1. The minimum absolute atomic E-state index is 0.0506. The Morgan fingerprint density at radius 3 is 2.76 bits per heavy atom. The van der Waals surface area contributed by atoms with Crippen molar-refractivity contribution < 1.29 is 9.53 Å². The van der Waals surface area contributed by atoms with E-state index in [2.05, 4.69) is 28.0 Å². The van der Waals surface area contributed by atoms with Crippen molar-refractivity contribution >= 4 is 21.7 Å². The zero-order valence-electron chi connectivity index (χ0n) is 10.8. The third-order valence-electron chi connectivity index (χ3n) is 2.63. The van der Waals surface area contributed by atoms with Gasteiger partial charge in [0.25, 0.3) is 0 Å². The Bertz CT molecular complexity index is 399. The molecule has 0 bridgehead atoms. The molecule has 1 aromatic heterocycles. The van der Waals surface area contributed by atoms with Gasteiger partial charge < -0.3 is 4.74 Å². The number of halogens is 1. The molecule has 0 spiro atoms. The molecule has 0 unspecified atom stereocenters. The van der Waals surface area contributed by atoms with E-state index in [1.165, 1.54) is 0 Å². The Balaban J connectivity index is 2.92. The quantitative estimate of drug-likeness (QED) is 0.759. The van der Waals surface area contributed by atoms with Gasteiger partial charge in [0.1, 0.15) is 5.69 Å². The number of ether oxygens (including phenoxy) is 1. The van der Waals surface area contributed by atoms with Crippen LogP contribution in [-0.4, -0.2) is 28.3 Å². The minimum atomic E-state index is -0.447. The van der Waals surface area contributed by atoms with E-state index in [1.54, 1.807) is 18.0 Å². The van der Waals surface area contributed by atoms with Crippen molar-refractivity contribution in [2.45, 2.75) is 45.8 Å². The molecule has 0 aliphatic carbocycles. The zero-order chi connectivity index (χ0) is 13.1. The molecule has 5 heteroatoms. The summed E-state index contributed by atoms with van der Waals surface area (Å²) in [7, 11) is 1.62. The summed E-state index contributed by atoms with van der Waals surface area (Å²) in [6.07, 6.45) is 2.96. The van der Waals surface area contributed by atoms with E-state index in [1.807, 2.05) is 13.8 Å². The summed E-state index contributed by atoms with van der Waals surface area (Å²) in [6.45, 7) is 6.61. The second-order valence-corrected chi connectivity index (χ2v) is 5.48.